The number of carboxylic acid groups (broad SMARTS) is 1. The number of carboxylic acids is 1. The van der Waals surface area contributed by atoms with Crippen LogP contribution in [0, 0.1) is 0 Å². The van der Waals surface area contributed by atoms with Crippen molar-refractivity contribution in [1.82, 2.24) is 4.57 Å². The fourth-order valence-corrected chi connectivity index (χ4v) is 2.27. The number of aromatic amines is 1. The van der Waals surface area contributed by atoms with Gasteiger partial charge in [-0.3, -0.25) is 0 Å². The second kappa shape index (κ2) is 5.75. The van der Waals surface area contributed by atoms with Crippen LogP contribution in [0.3, 0.4) is 0 Å². The summed E-state index contributed by atoms with van der Waals surface area (Å²) in [6.07, 6.45) is 3.70. The van der Waals surface area contributed by atoms with Gasteiger partial charge in [0.05, 0.1) is 6.54 Å². The van der Waals surface area contributed by atoms with Crippen molar-refractivity contribution in [2.75, 3.05) is 0 Å². The van der Waals surface area contributed by atoms with Gasteiger partial charge in [0, 0.05) is 22.5 Å². The first-order valence-corrected chi connectivity index (χ1v) is 6.02. The van der Waals surface area contributed by atoms with E-state index < -0.39 is 5.97 Å². The lowest BCUT2D eigenvalue weighted by Gasteiger charge is -2.06. The van der Waals surface area contributed by atoms with Gasteiger partial charge in [-0.15, -0.1) is 0 Å². The third-order valence-electron chi connectivity index (χ3n) is 3.14. The molecule has 4 nitrogen and oxygen atoms in total. The third kappa shape index (κ3) is 2.51. The second-order valence-corrected chi connectivity index (χ2v) is 4.39. The summed E-state index contributed by atoms with van der Waals surface area (Å²) < 4.78 is 1.82. The van der Waals surface area contributed by atoms with Crippen LogP contribution in [0.4, 0.5) is 0 Å². The van der Waals surface area contributed by atoms with E-state index in [9.17, 15) is 9.90 Å². The summed E-state index contributed by atoms with van der Waals surface area (Å²) in [5.41, 5.74) is 2.28. The highest BCUT2D eigenvalue weighted by molar-refractivity contribution is 5.94. The SMILES string of the molecule is O=C(O)c1cc2ccccc2n1Cc1ccc[nH+]c1.[Cl-]. The van der Waals surface area contributed by atoms with Gasteiger partial charge in [-0.1, -0.05) is 18.2 Å². The van der Waals surface area contributed by atoms with Gasteiger partial charge < -0.3 is 22.1 Å². The molecular formula is C15H13ClN2O2. The van der Waals surface area contributed by atoms with Crippen LogP contribution in [-0.4, -0.2) is 15.6 Å². The number of pyridine rings is 1. The Hall–Kier alpha value is -2.33. The third-order valence-corrected chi connectivity index (χ3v) is 3.14. The molecule has 20 heavy (non-hydrogen) atoms. The number of aromatic nitrogens is 2. The van der Waals surface area contributed by atoms with Gasteiger partial charge in [0.15, 0.2) is 12.4 Å². The Labute approximate surface area is 122 Å². The quantitative estimate of drug-likeness (QED) is 0.686. The van der Waals surface area contributed by atoms with Crippen LogP contribution in [0.1, 0.15) is 16.1 Å². The topological polar surface area (TPSA) is 56.4 Å². The Morgan fingerprint density at radius 3 is 2.70 bits per heavy atom. The van der Waals surface area contributed by atoms with Crippen LogP contribution in [0.2, 0.25) is 0 Å². The fraction of sp³-hybridized carbons (Fsp3) is 0.0667. The summed E-state index contributed by atoms with van der Waals surface area (Å²) in [6.45, 7) is 0.534. The van der Waals surface area contributed by atoms with Crippen molar-refractivity contribution in [2.45, 2.75) is 6.54 Å². The number of para-hydroxylation sites is 1. The molecule has 0 aliphatic carbocycles. The zero-order chi connectivity index (χ0) is 13.2. The predicted octanol–water partition coefficient (Wildman–Crippen LogP) is -0.794. The lowest BCUT2D eigenvalue weighted by molar-refractivity contribution is -0.378. The van der Waals surface area contributed by atoms with E-state index in [1.807, 2.05) is 53.4 Å². The molecule has 0 spiro atoms. The molecule has 2 heterocycles. The van der Waals surface area contributed by atoms with Gasteiger partial charge in [0.1, 0.15) is 5.69 Å². The molecule has 2 aromatic heterocycles. The molecule has 0 unspecified atom stereocenters. The van der Waals surface area contributed by atoms with Crippen molar-refractivity contribution < 1.29 is 27.3 Å². The number of H-pyrrole nitrogens is 1. The van der Waals surface area contributed by atoms with Crippen molar-refractivity contribution in [3.63, 3.8) is 0 Å². The summed E-state index contributed by atoms with van der Waals surface area (Å²) in [7, 11) is 0. The zero-order valence-electron chi connectivity index (χ0n) is 10.6. The van der Waals surface area contributed by atoms with Crippen LogP contribution in [0.15, 0.2) is 54.9 Å². The molecule has 0 aliphatic rings. The van der Waals surface area contributed by atoms with E-state index in [0.29, 0.717) is 12.2 Å². The number of fused-ring (bicyclic) bond motifs is 1. The van der Waals surface area contributed by atoms with Gasteiger partial charge >= 0.3 is 5.97 Å². The molecule has 2 N–H and O–H groups in total. The molecule has 0 atom stereocenters. The van der Waals surface area contributed by atoms with Crippen molar-refractivity contribution in [2.24, 2.45) is 0 Å². The van der Waals surface area contributed by atoms with Crippen LogP contribution in [0.5, 0.6) is 0 Å². The van der Waals surface area contributed by atoms with Gasteiger partial charge in [-0.2, -0.15) is 0 Å². The summed E-state index contributed by atoms with van der Waals surface area (Å²) in [6, 6.07) is 13.3. The van der Waals surface area contributed by atoms with E-state index in [1.165, 1.54) is 0 Å². The molecular weight excluding hydrogens is 276 g/mol. The van der Waals surface area contributed by atoms with E-state index in [1.54, 1.807) is 6.07 Å². The van der Waals surface area contributed by atoms with Crippen LogP contribution >= 0.6 is 0 Å². The highest BCUT2D eigenvalue weighted by atomic mass is 35.5. The van der Waals surface area contributed by atoms with E-state index in [4.69, 9.17) is 0 Å². The molecule has 3 rings (SSSR count). The van der Waals surface area contributed by atoms with E-state index >= 15 is 0 Å². The summed E-state index contributed by atoms with van der Waals surface area (Å²) >= 11 is 0. The first-order chi connectivity index (χ1) is 9.25. The maximum Gasteiger partial charge on any atom is 0.352 e. The fourth-order valence-electron chi connectivity index (χ4n) is 2.27. The summed E-state index contributed by atoms with van der Waals surface area (Å²) in [5, 5.41) is 10.3. The minimum Gasteiger partial charge on any atom is -1.00 e. The molecule has 3 aromatic rings. The van der Waals surface area contributed by atoms with E-state index in [2.05, 4.69) is 4.98 Å². The number of nitrogens with zero attached hydrogens (tertiary/aromatic N) is 1. The first-order valence-electron chi connectivity index (χ1n) is 6.02. The minimum absolute atomic E-state index is 0. The maximum absolute atomic E-state index is 11.4. The van der Waals surface area contributed by atoms with Crippen molar-refractivity contribution in [3.8, 4) is 0 Å². The number of carbonyl (C=O) groups is 1. The van der Waals surface area contributed by atoms with Crippen LogP contribution in [0.25, 0.3) is 10.9 Å². The highest BCUT2D eigenvalue weighted by Gasteiger charge is 2.14. The molecule has 0 saturated carbocycles. The van der Waals surface area contributed by atoms with Gasteiger partial charge in [0.25, 0.3) is 0 Å². The molecule has 1 aromatic carbocycles. The van der Waals surface area contributed by atoms with Crippen LogP contribution < -0.4 is 17.4 Å². The second-order valence-electron chi connectivity index (χ2n) is 4.39. The van der Waals surface area contributed by atoms with Crippen molar-refractivity contribution in [1.29, 1.82) is 0 Å². The lowest BCUT2D eigenvalue weighted by atomic mass is 10.2. The normalized spacial score (nSPS) is 10.2. The zero-order valence-corrected chi connectivity index (χ0v) is 11.3. The van der Waals surface area contributed by atoms with Gasteiger partial charge in [0.2, 0.25) is 0 Å². The minimum atomic E-state index is -0.906. The molecule has 0 bridgehead atoms. The Morgan fingerprint density at radius 2 is 2.00 bits per heavy atom. The number of nitrogens with one attached hydrogen (secondary N) is 1. The standard InChI is InChI=1S/C15H12N2O2.ClH/c18-15(19)14-8-12-5-1-2-6-13(12)17(14)10-11-4-3-7-16-9-11;/h1-9H,10H2,(H,18,19);1H. The Bertz CT molecular complexity index is 738. The summed E-state index contributed by atoms with van der Waals surface area (Å²) in [4.78, 5) is 14.4. The maximum atomic E-state index is 11.4. The highest BCUT2D eigenvalue weighted by Crippen LogP contribution is 2.21. The number of hydrogen-bond acceptors (Lipinski definition) is 1. The lowest BCUT2D eigenvalue weighted by Crippen LogP contribution is -3.00. The Balaban J connectivity index is 0.00000147. The van der Waals surface area contributed by atoms with Gasteiger partial charge in [-0.25, -0.2) is 9.78 Å². The van der Waals surface area contributed by atoms with Crippen molar-refractivity contribution in [3.05, 3.63) is 66.1 Å². The Morgan fingerprint density at radius 1 is 1.20 bits per heavy atom. The van der Waals surface area contributed by atoms with Gasteiger partial charge in [-0.05, 0) is 18.2 Å². The van der Waals surface area contributed by atoms with E-state index in [-0.39, 0.29) is 12.4 Å². The molecule has 0 fully saturated rings. The molecule has 102 valence electrons. The number of aromatic carboxylic acids is 1. The number of halogens is 1. The number of hydrogen-bond donors (Lipinski definition) is 1. The summed E-state index contributed by atoms with van der Waals surface area (Å²) in [5.74, 6) is -0.906. The van der Waals surface area contributed by atoms with Crippen LogP contribution in [-0.2, 0) is 6.54 Å². The largest absolute Gasteiger partial charge is 1.00 e. The molecule has 5 heteroatoms. The average molecular weight is 289 g/mol. The average Bonchev–Trinajstić information content (AvgIpc) is 2.79. The predicted molar refractivity (Wildman–Crippen MR) is 71.0 cm³/mol. The smallest absolute Gasteiger partial charge is 0.352 e. The Kier molecular flexibility index (Phi) is 4.05. The number of benzene rings is 1. The molecule has 0 aliphatic heterocycles. The number of rotatable bonds is 3. The van der Waals surface area contributed by atoms with Crippen molar-refractivity contribution >= 4 is 16.9 Å². The molecule has 0 amide bonds. The van der Waals surface area contributed by atoms with E-state index in [0.717, 1.165) is 16.5 Å². The first kappa shape index (κ1) is 14.1. The molecule has 0 radical (unpaired) electrons. The molecule has 0 saturated heterocycles. The monoisotopic (exact) mass is 288 g/mol.